The lowest BCUT2D eigenvalue weighted by Crippen LogP contribution is -2.58. The maximum absolute atomic E-state index is 14.4. The number of amides is 1. The van der Waals surface area contributed by atoms with Gasteiger partial charge >= 0.3 is 0 Å². The third-order valence-corrected chi connectivity index (χ3v) is 7.58. The normalized spacial score (nSPS) is 23.2. The number of halogens is 3. The van der Waals surface area contributed by atoms with Crippen LogP contribution in [-0.4, -0.2) is 66.6 Å². The van der Waals surface area contributed by atoms with Gasteiger partial charge in [0.1, 0.15) is 11.6 Å². The SMILES string of the molecule is COc1cnc(N2CCC([C@@H]3C[C@@H]3CCOc3ccc(CC(=O)N4CC(F)(F)C4)c(F)c3)CC2)nc1. The Morgan fingerprint density at radius 2 is 1.86 bits per heavy atom. The zero-order valence-electron chi connectivity index (χ0n) is 20.3. The lowest BCUT2D eigenvalue weighted by molar-refractivity contribution is -0.165. The lowest BCUT2D eigenvalue weighted by atomic mass is 9.90. The molecule has 1 amide bonds. The molecule has 0 spiro atoms. The van der Waals surface area contributed by atoms with Crippen LogP contribution in [0.15, 0.2) is 30.6 Å². The minimum absolute atomic E-state index is 0.191. The number of methoxy groups -OCH3 is 1. The van der Waals surface area contributed by atoms with Crippen molar-refractivity contribution in [1.29, 1.82) is 0 Å². The van der Waals surface area contributed by atoms with Gasteiger partial charge in [-0.2, -0.15) is 0 Å². The van der Waals surface area contributed by atoms with E-state index in [4.69, 9.17) is 9.47 Å². The van der Waals surface area contributed by atoms with Gasteiger partial charge in [0.2, 0.25) is 11.9 Å². The zero-order chi connectivity index (χ0) is 25.3. The summed E-state index contributed by atoms with van der Waals surface area (Å²) in [5.74, 6) is 0.00874. The molecular weight excluding hydrogens is 473 g/mol. The van der Waals surface area contributed by atoms with Crippen LogP contribution in [0.5, 0.6) is 11.5 Å². The first-order valence-corrected chi connectivity index (χ1v) is 12.5. The summed E-state index contributed by atoms with van der Waals surface area (Å²) in [5, 5.41) is 0. The Morgan fingerprint density at radius 1 is 1.14 bits per heavy atom. The largest absolute Gasteiger partial charge is 0.494 e. The van der Waals surface area contributed by atoms with E-state index in [2.05, 4.69) is 14.9 Å². The van der Waals surface area contributed by atoms with E-state index < -0.39 is 30.7 Å². The van der Waals surface area contributed by atoms with Crippen LogP contribution >= 0.6 is 0 Å². The highest BCUT2D eigenvalue weighted by molar-refractivity contribution is 5.80. The molecule has 5 rings (SSSR count). The van der Waals surface area contributed by atoms with Crippen molar-refractivity contribution in [1.82, 2.24) is 14.9 Å². The number of rotatable bonds is 9. The van der Waals surface area contributed by atoms with Crippen molar-refractivity contribution in [3.8, 4) is 11.5 Å². The molecule has 0 radical (unpaired) electrons. The minimum atomic E-state index is -2.82. The second kappa shape index (κ2) is 10.1. The third-order valence-electron chi connectivity index (χ3n) is 7.58. The van der Waals surface area contributed by atoms with Crippen molar-refractivity contribution in [3.05, 3.63) is 42.0 Å². The van der Waals surface area contributed by atoms with Crippen LogP contribution in [0.1, 0.15) is 31.2 Å². The standard InChI is InChI=1S/C26H31F3N4O3/c1-35-21-13-30-25(31-14-21)32-7-4-17(5-8-32)22-10-18(22)6-9-36-20-3-2-19(23(27)12-20)11-24(34)33-15-26(28,29)16-33/h2-3,12-14,17-18,22H,4-11,15-16H2,1H3/t18-,22-/m0/s1. The predicted octanol–water partition coefficient (Wildman–Crippen LogP) is 3.97. The van der Waals surface area contributed by atoms with Gasteiger partial charge in [-0.25, -0.2) is 23.1 Å². The molecule has 3 fully saturated rings. The van der Waals surface area contributed by atoms with Crippen LogP contribution in [0.2, 0.25) is 0 Å². The van der Waals surface area contributed by atoms with Crippen LogP contribution < -0.4 is 14.4 Å². The van der Waals surface area contributed by atoms with Gasteiger partial charge in [0, 0.05) is 19.2 Å². The Bertz CT molecular complexity index is 1070. The van der Waals surface area contributed by atoms with Gasteiger partial charge in [0.25, 0.3) is 5.92 Å². The maximum atomic E-state index is 14.4. The molecule has 2 aliphatic heterocycles. The Balaban J connectivity index is 1.01. The minimum Gasteiger partial charge on any atom is -0.494 e. The van der Waals surface area contributed by atoms with E-state index in [1.165, 1.54) is 18.6 Å². The van der Waals surface area contributed by atoms with Crippen molar-refractivity contribution in [3.63, 3.8) is 0 Å². The van der Waals surface area contributed by atoms with E-state index in [0.717, 1.165) is 43.2 Å². The first-order chi connectivity index (χ1) is 17.3. The molecule has 1 aromatic carbocycles. The van der Waals surface area contributed by atoms with Crippen LogP contribution in [0, 0.1) is 23.6 Å². The molecular formula is C26H31F3N4O3. The summed E-state index contributed by atoms with van der Waals surface area (Å²) in [6.07, 6.45) is 7.54. The molecule has 1 aliphatic carbocycles. The number of hydrogen-bond acceptors (Lipinski definition) is 6. The summed E-state index contributed by atoms with van der Waals surface area (Å²) >= 11 is 0. The number of piperidine rings is 1. The molecule has 10 heteroatoms. The molecule has 3 aliphatic rings. The number of anilines is 1. The number of carbonyl (C=O) groups excluding carboxylic acids is 1. The van der Waals surface area contributed by atoms with Crippen molar-refractivity contribution < 1.29 is 27.4 Å². The van der Waals surface area contributed by atoms with Crippen molar-refractivity contribution in [2.24, 2.45) is 17.8 Å². The smallest absolute Gasteiger partial charge is 0.282 e. The van der Waals surface area contributed by atoms with Crippen LogP contribution in [0.4, 0.5) is 19.1 Å². The average Bonchev–Trinajstić information content (AvgIpc) is 3.64. The second-order valence-electron chi connectivity index (χ2n) is 10.1. The van der Waals surface area contributed by atoms with Gasteiger partial charge in [-0.05, 0) is 55.1 Å². The topological polar surface area (TPSA) is 67.8 Å². The number of carbonyl (C=O) groups is 1. The number of ether oxygens (including phenoxy) is 2. The molecule has 1 saturated carbocycles. The van der Waals surface area contributed by atoms with E-state index in [9.17, 15) is 18.0 Å². The molecule has 2 atom stereocenters. The molecule has 194 valence electrons. The van der Waals surface area contributed by atoms with Gasteiger partial charge in [-0.15, -0.1) is 0 Å². The first-order valence-electron chi connectivity index (χ1n) is 12.5. The van der Waals surface area contributed by atoms with Crippen LogP contribution in [0.3, 0.4) is 0 Å². The predicted molar refractivity (Wildman–Crippen MR) is 127 cm³/mol. The van der Waals surface area contributed by atoms with Crippen LogP contribution in [0.25, 0.3) is 0 Å². The second-order valence-corrected chi connectivity index (χ2v) is 10.1. The number of benzene rings is 1. The number of likely N-dealkylation sites (tertiary alicyclic amines) is 1. The molecule has 7 nitrogen and oxygen atoms in total. The Morgan fingerprint density at radius 3 is 2.50 bits per heavy atom. The quantitative estimate of drug-likeness (QED) is 0.515. The summed E-state index contributed by atoms with van der Waals surface area (Å²) in [5.41, 5.74) is 0.191. The van der Waals surface area contributed by atoms with Gasteiger partial charge < -0.3 is 19.3 Å². The fourth-order valence-corrected chi connectivity index (χ4v) is 5.34. The van der Waals surface area contributed by atoms with E-state index in [1.807, 2.05) is 0 Å². The summed E-state index contributed by atoms with van der Waals surface area (Å²) in [7, 11) is 1.60. The van der Waals surface area contributed by atoms with Gasteiger partial charge in [-0.3, -0.25) is 4.79 Å². The highest BCUT2D eigenvalue weighted by Crippen LogP contribution is 2.49. The Labute approximate surface area is 208 Å². The number of hydrogen-bond donors (Lipinski definition) is 0. The van der Waals surface area contributed by atoms with E-state index in [0.29, 0.717) is 35.9 Å². The van der Waals surface area contributed by atoms with E-state index in [1.54, 1.807) is 25.6 Å². The lowest BCUT2D eigenvalue weighted by Gasteiger charge is -2.38. The van der Waals surface area contributed by atoms with Gasteiger partial charge in [0.15, 0.2) is 5.75 Å². The van der Waals surface area contributed by atoms with Crippen molar-refractivity contribution in [2.75, 3.05) is 44.8 Å². The van der Waals surface area contributed by atoms with E-state index in [-0.39, 0.29) is 12.0 Å². The molecule has 3 heterocycles. The van der Waals surface area contributed by atoms with Gasteiger partial charge in [-0.1, -0.05) is 6.07 Å². The van der Waals surface area contributed by atoms with Gasteiger partial charge in [0.05, 0.1) is 45.6 Å². The monoisotopic (exact) mass is 504 g/mol. The maximum Gasteiger partial charge on any atom is 0.282 e. The third kappa shape index (κ3) is 5.68. The van der Waals surface area contributed by atoms with Crippen molar-refractivity contribution in [2.45, 2.75) is 38.0 Å². The van der Waals surface area contributed by atoms with Crippen LogP contribution in [-0.2, 0) is 11.2 Å². The molecule has 0 unspecified atom stereocenters. The summed E-state index contributed by atoms with van der Waals surface area (Å²) < 4.78 is 51.2. The number of nitrogens with zero attached hydrogens (tertiary/aromatic N) is 4. The molecule has 1 aromatic heterocycles. The number of aromatic nitrogens is 2. The fraction of sp³-hybridized carbons (Fsp3) is 0.577. The molecule has 36 heavy (non-hydrogen) atoms. The average molecular weight is 505 g/mol. The highest BCUT2D eigenvalue weighted by atomic mass is 19.3. The zero-order valence-corrected chi connectivity index (χ0v) is 20.3. The fourth-order valence-electron chi connectivity index (χ4n) is 5.34. The highest BCUT2D eigenvalue weighted by Gasteiger charge is 2.46. The molecule has 2 saturated heterocycles. The van der Waals surface area contributed by atoms with E-state index >= 15 is 0 Å². The molecule has 2 aromatic rings. The summed E-state index contributed by atoms with van der Waals surface area (Å²) in [6.45, 7) is 1.23. The van der Waals surface area contributed by atoms with Crippen molar-refractivity contribution >= 4 is 11.9 Å². The summed E-state index contributed by atoms with van der Waals surface area (Å²) in [6, 6.07) is 4.41. The molecule has 0 N–H and O–H groups in total. The summed E-state index contributed by atoms with van der Waals surface area (Å²) in [4.78, 5) is 24.1. The first kappa shape index (κ1) is 24.6. The molecule has 0 bridgehead atoms. The Hall–Kier alpha value is -3.04. The Kier molecular flexibility index (Phi) is 6.94. The number of alkyl halides is 2.